The summed E-state index contributed by atoms with van der Waals surface area (Å²) < 4.78 is 2.18. The summed E-state index contributed by atoms with van der Waals surface area (Å²) in [5.74, 6) is 0. The number of halogens is 1. The Bertz CT molecular complexity index is 805. The van der Waals surface area contributed by atoms with E-state index >= 15 is 0 Å². The smallest absolute Gasteiger partial charge is 0.0561 e. The molecular formula is C16H18BrN3. The third kappa shape index (κ3) is 2.10. The van der Waals surface area contributed by atoms with Crippen molar-refractivity contribution in [1.29, 1.82) is 5.41 Å². The molecule has 1 aromatic carbocycles. The minimum absolute atomic E-state index is 0. The number of hydrogen-bond acceptors (Lipinski definition) is 2. The van der Waals surface area contributed by atoms with Crippen molar-refractivity contribution in [1.82, 2.24) is 4.57 Å². The Kier molecular flexibility index (Phi) is 3.86. The van der Waals surface area contributed by atoms with Gasteiger partial charge in [-0.25, -0.2) is 0 Å². The molecular weight excluding hydrogens is 314 g/mol. The summed E-state index contributed by atoms with van der Waals surface area (Å²) >= 11 is 0. The SMILES string of the molecule is Br.CCc1c2cc(N)ccc2c2ccc(=N)cc-2n1C. The van der Waals surface area contributed by atoms with Gasteiger partial charge in [0.15, 0.2) is 0 Å². The van der Waals surface area contributed by atoms with Crippen LogP contribution in [0.1, 0.15) is 12.6 Å². The van der Waals surface area contributed by atoms with E-state index in [0.717, 1.165) is 17.8 Å². The van der Waals surface area contributed by atoms with Crippen LogP contribution in [0.3, 0.4) is 0 Å². The molecule has 0 saturated carbocycles. The van der Waals surface area contributed by atoms with Crippen molar-refractivity contribution in [3.63, 3.8) is 0 Å². The average Bonchev–Trinajstić information content (AvgIpc) is 2.39. The van der Waals surface area contributed by atoms with Gasteiger partial charge in [0.05, 0.1) is 11.1 Å². The molecule has 2 aliphatic rings. The number of nitrogens with zero attached hydrogens (tertiary/aromatic N) is 1. The summed E-state index contributed by atoms with van der Waals surface area (Å²) in [5.41, 5.74) is 10.2. The first kappa shape index (κ1) is 14.6. The number of anilines is 1. The summed E-state index contributed by atoms with van der Waals surface area (Å²) in [6.07, 6.45) is 0.939. The lowest BCUT2D eigenvalue weighted by molar-refractivity contribution is 0.834. The maximum Gasteiger partial charge on any atom is 0.0561 e. The first-order valence-electron chi connectivity index (χ1n) is 6.47. The van der Waals surface area contributed by atoms with Gasteiger partial charge in [-0.3, -0.25) is 0 Å². The Labute approximate surface area is 128 Å². The van der Waals surface area contributed by atoms with Crippen molar-refractivity contribution in [2.45, 2.75) is 13.3 Å². The van der Waals surface area contributed by atoms with Crippen LogP contribution in [-0.2, 0) is 13.5 Å². The van der Waals surface area contributed by atoms with Gasteiger partial charge in [0.2, 0.25) is 0 Å². The summed E-state index contributed by atoms with van der Waals surface area (Å²) in [6, 6.07) is 11.8. The molecule has 104 valence electrons. The minimum Gasteiger partial charge on any atom is -0.399 e. The molecule has 1 aliphatic carbocycles. The highest BCUT2D eigenvalue weighted by Gasteiger charge is 2.14. The number of fused-ring (bicyclic) bond motifs is 3. The van der Waals surface area contributed by atoms with Crippen LogP contribution in [0, 0.1) is 5.41 Å². The Hall–Kier alpha value is -1.81. The van der Waals surface area contributed by atoms with Gasteiger partial charge >= 0.3 is 0 Å². The van der Waals surface area contributed by atoms with E-state index in [4.69, 9.17) is 11.1 Å². The van der Waals surface area contributed by atoms with Gasteiger partial charge in [-0.15, -0.1) is 17.0 Å². The molecule has 0 atom stereocenters. The molecule has 0 amide bonds. The summed E-state index contributed by atoms with van der Waals surface area (Å²) in [6.45, 7) is 2.15. The zero-order valence-corrected chi connectivity index (χ0v) is 13.3. The number of aryl methyl sites for hydroxylation is 1. The molecule has 4 heteroatoms. The van der Waals surface area contributed by atoms with E-state index in [-0.39, 0.29) is 17.0 Å². The van der Waals surface area contributed by atoms with E-state index in [0.29, 0.717) is 5.36 Å². The Balaban J connectivity index is 0.00000147. The number of nitrogens with two attached hydrogens (primary N) is 1. The predicted octanol–water partition coefficient (Wildman–Crippen LogP) is 3.49. The third-order valence-corrected chi connectivity index (χ3v) is 3.74. The number of benzene rings is 2. The van der Waals surface area contributed by atoms with Crippen molar-refractivity contribution in [2.75, 3.05) is 5.73 Å². The van der Waals surface area contributed by atoms with E-state index in [9.17, 15) is 0 Å². The lowest BCUT2D eigenvalue weighted by atomic mass is 9.97. The van der Waals surface area contributed by atoms with Crippen LogP contribution in [0.25, 0.3) is 22.0 Å². The van der Waals surface area contributed by atoms with Crippen LogP contribution in [0.4, 0.5) is 5.69 Å². The topological polar surface area (TPSA) is 54.8 Å². The highest BCUT2D eigenvalue weighted by atomic mass is 79.9. The third-order valence-electron chi connectivity index (χ3n) is 3.74. The first-order valence-corrected chi connectivity index (χ1v) is 6.47. The van der Waals surface area contributed by atoms with Crippen molar-refractivity contribution in [3.8, 4) is 11.3 Å². The number of aromatic nitrogens is 1. The van der Waals surface area contributed by atoms with Crippen LogP contribution in [0.5, 0.6) is 0 Å². The van der Waals surface area contributed by atoms with Gasteiger partial charge in [-0.05, 0) is 36.1 Å². The number of nitrogens with one attached hydrogen (secondary N) is 1. The number of nitrogen functional groups attached to an aromatic ring is 1. The molecule has 0 fully saturated rings. The fourth-order valence-electron chi connectivity index (χ4n) is 2.83. The molecule has 0 unspecified atom stereocenters. The number of pyridine rings is 1. The second kappa shape index (κ2) is 5.29. The molecule has 3 rings (SSSR count). The predicted molar refractivity (Wildman–Crippen MR) is 89.5 cm³/mol. The van der Waals surface area contributed by atoms with Gasteiger partial charge < -0.3 is 15.7 Å². The first-order chi connectivity index (χ1) is 9.11. The van der Waals surface area contributed by atoms with Crippen molar-refractivity contribution in [3.05, 3.63) is 47.4 Å². The Morgan fingerprint density at radius 2 is 1.85 bits per heavy atom. The van der Waals surface area contributed by atoms with Gasteiger partial charge in [0.1, 0.15) is 0 Å². The second-order valence-electron chi connectivity index (χ2n) is 4.90. The van der Waals surface area contributed by atoms with Crippen LogP contribution in [0.15, 0.2) is 36.4 Å². The second-order valence-corrected chi connectivity index (χ2v) is 4.90. The minimum atomic E-state index is 0. The maximum absolute atomic E-state index is 7.81. The zero-order chi connectivity index (χ0) is 13.6. The van der Waals surface area contributed by atoms with Crippen molar-refractivity contribution in [2.24, 2.45) is 7.05 Å². The lowest BCUT2D eigenvalue weighted by Gasteiger charge is -2.20. The van der Waals surface area contributed by atoms with E-state index in [1.165, 1.54) is 22.0 Å². The van der Waals surface area contributed by atoms with Crippen LogP contribution < -0.4 is 11.1 Å². The van der Waals surface area contributed by atoms with Gasteiger partial charge in [0.25, 0.3) is 0 Å². The molecule has 0 aromatic heterocycles. The number of rotatable bonds is 1. The highest BCUT2D eigenvalue weighted by molar-refractivity contribution is 8.93. The molecule has 3 nitrogen and oxygen atoms in total. The molecule has 1 heterocycles. The van der Waals surface area contributed by atoms with Gasteiger partial charge in [0, 0.05) is 29.4 Å². The quantitative estimate of drug-likeness (QED) is 0.520. The zero-order valence-electron chi connectivity index (χ0n) is 11.6. The summed E-state index contributed by atoms with van der Waals surface area (Å²) in [4.78, 5) is 0. The fraction of sp³-hybridized carbons (Fsp3) is 0.188. The van der Waals surface area contributed by atoms with Gasteiger partial charge in [-0.1, -0.05) is 19.1 Å². The molecule has 0 saturated heterocycles. The van der Waals surface area contributed by atoms with Crippen LogP contribution in [0.2, 0.25) is 0 Å². The highest BCUT2D eigenvalue weighted by Crippen LogP contribution is 2.33. The van der Waals surface area contributed by atoms with Crippen molar-refractivity contribution < 1.29 is 0 Å². The molecule has 1 aliphatic heterocycles. The van der Waals surface area contributed by atoms with E-state index < -0.39 is 0 Å². The monoisotopic (exact) mass is 331 g/mol. The Morgan fingerprint density at radius 1 is 1.10 bits per heavy atom. The number of hydrogen-bond donors (Lipinski definition) is 2. The van der Waals surface area contributed by atoms with Gasteiger partial charge in [-0.2, -0.15) is 0 Å². The Morgan fingerprint density at radius 3 is 2.55 bits per heavy atom. The molecule has 0 bridgehead atoms. The molecule has 0 spiro atoms. The lowest BCUT2D eigenvalue weighted by Crippen LogP contribution is -2.10. The van der Waals surface area contributed by atoms with Crippen LogP contribution >= 0.6 is 17.0 Å². The average molecular weight is 332 g/mol. The summed E-state index contributed by atoms with van der Waals surface area (Å²) in [5, 5.41) is 10.8. The summed E-state index contributed by atoms with van der Waals surface area (Å²) in [7, 11) is 2.06. The largest absolute Gasteiger partial charge is 0.399 e. The normalized spacial score (nSPS) is 10.7. The van der Waals surface area contributed by atoms with E-state index in [1.54, 1.807) is 0 Å². The molecule has 0 radical (unpaired) electrons. The van der Waals surface area contributed by atoms with E-state index in [2.05, 4.69) is 24.6 Å². The van der Waals surface area contributed by atoms with Crippen LogP contribution in [-0.4, -0.2) is 4.57 Å². The molecule has 20 heavy (non-hydrogen) atoms. The van der Waals surface area contributed by atoms with Crippen molar-refractivity contribution >= 4 is 33.4 Å². The molecule has 1 aromatic rings. The fourth-order valence-corrected chi connectivity index (χ4v) is 2.83. The molecule has 3 N–H and O–H groups in total. The standard InChI is InChI=1S/C16H17N3.BrH/c1-3-15-14-8-10(17)4-6-12(14)13-7-5-11(18)9-16(13)19(15)2;/h4-9,18H,3,17H2,1-2H3;1H. The maximum atomic E-state index is 7.81. The van der Waals surface area contributed by atoms with E-state index in [1.807, 2.05) is 30.3 Å².